The van der Waals surface area contributed by atoms with E-state index in [1.807, 2.05) is 0 Å². The number of anilines is 1. The SMILES string of the molecule is CC1(C)Oc2ccc(C(=O)NC3CCCCC3)cc2N(CC(=O)N2CCOCC2)C1=O. The van der Waals surface area contributed by atoms with Crippen molar-refractivity contribution < 1.29 is 23.9 Å². The predicted molar refractivity (Wildman–Crippen MR) is 115 cm³/mol. The first-order chi connectivity index (χ1) is 14.8. The molecule has 8 heteroatoms. The minimum Gasteiger partial charge on any atom is -0.476 e. The number of nitrogens with zero attached hydrogens (tertiary/aromatic N) is 2. The zero-order valence-corrected chi connectivity index (χ0v) is 18.3. The van der Waals surface area contributed by atoms with E-state index in [9.17, 15) is 14.4 Å². The molecule has 0 bridgehead atoms. The summed E-state index contributed by atoms with van der Waals surface area (Å²) in [4.78, 5) is 42.0. The van der Waals surface area contributed by atoms with Gasteiger partial charge in [0.2, 0.25) is 5.91 Å². The lowest BCUT2D eigenvalue weighted by Crippen LogP contribution is -2.56. The van der Waals surface area contributed by atoms with Gasteiger partial charge in [0.1, 0.15) is 12.3 Å². The first-order valence-electron chi connectivity index (χ1n) is 11.2. The van der Waals surface area contributed by atoms with E-state index in [0.29, 0.717) is 43.3 Å². The molecule has 2 heterocycles. The van der Waals surface area contributed by atoms with Crippen molar-refractivity contribution >= 4 is 23.4 Å². The van der Waals surface area contributed by atoms with Crippen molar-refractivity contribution in [2.75, 3.05) is 37.7 Å². The number of benzene rings is 1. The van der Waals surface area contributed by atoms with Crippen molar-refractivity contribution in [2.45, 2.75) is 57.6 Å². The Morgan fingerprint density at radius 2 is 1.84 bits per heavy atom. The van der Waals surface area contributed by atoms with Crippen molar-refractivity contribution in [1.29, 1.82) is 0 Å². The third kappa shape index (κ3) is 4.69. The number of nitrogens with one attached hydrogen (secondary N) is 1. The van der Waals surface area contributed by atoms with Crippen LogP contribution in [-0.2, 0) is 14.3 Å². The molecule has 3 amide bonds. The van der Waals surface area contributed by atoms with Gasteiger partial charge in [-0.2, -0.15) is 0 Å². The Kier molecular flexibility index (Phi) is 6.18. The second-order valence-corrected chi connectivity index (χ2v) is 8.99. The summed E-state index contributed by atoms with van der Waals surface area (Å²) in [7, 11) is 0. The summed E-state index contributed by atoms with van der Waals surface area (Å²) in [6, 6.07) is 5.27. The molecule has 1 N–H and O–H groups in total. The molecule has 1 aliphatic carbocycles. The number of carbonyl (C=O) groups is 3. The predicted octanol–water partition coefficient (Wildman–Crippen LogP) is 2.11. The van der Waals surface area contributed by atoms with Crippen molar-refractivity contribution in [3.63, 3.8) is 0 Å². The molecule has 0 aromatic heterocycles. The zero-order valence-electron chi connectivity index (χ0n) is 18.3. The van der Waals surface area contributed by atoms with Crippen LogP contribution in [0.25, 0.3) is 0 Å². The van der Waals surface area contributed by atoms with Gasteiger partial charge in [0.05, 0.1) is 18.9 Å². The minimum absolute atomic E-state index is 0.0910. The van der Waals surface area contributed by atoms with Crippen LogP contribution < -0.4 is 15.0 Å². The topological polar surface area (TPSA) is 88.2 Å². The van der Waals surface area contributed by atoms with E-state index in [2.05, 4.69) is 5.32 Å². The van der Waals surface area contributed by atoms with E-state index in [1.165, 1.54) is 11.3 Å². The lowest BCUT2D eigenvalue weighted by molar-refractivity contribution is -0.138. The molecule has 1 aromatic rings. The summed E-state index contributed by atoms with van der Waals surface area (Å²) in [5.74, 6) is -0.108. The van der Waals surface area contributed by atoms with Gasteiger partial charge in [0, 0.05) is 24.7 Å². The number of rotatable bonds is 4. The second kappa shape index (κ2) is 8.86. The highest BCUT2D eigenvalue weighted by atomic mass is 16.5. The molecule has 3 aliphatic rings. The standard InChI is InChI=1S/C23H31N3O5/c1-23(2)22(29)26(15-20(27)25-10-12-30-13-11-25)18-14-16(8-9-19(18)31-23)21(28)24-17-6-4-3-5-7-17/h8-9,14,17H,3-7,10-13,15H2,1-2H3,(H,24,28). The zero-order chi connectivity index (χ0) is 22.0. The van der Waals surface area contributed by atoms with Crippen LogP contribution >= 0.6 is 0 Å². The lowest BCUT2D eigenvalue weighted by atomic mass is 9.95. The van der Waals surface area contributed by atoms with Crippen molar-refractivity contribution in [1.82, 2.24) is 10.2 Å². The van der Waals surface area contributed by atoms with Crippen molar-refractivity contribution in [3.8, 4) is 5.75 Å². The molecule has 31 heavy (non-hydrogen) atoms. The van der Waals surface area contributed by atoms with Crippen LogP contribution in [0.2, 0.25) is 0 Å². The first kappa shape index (κ1) is 21.6. The molecule has 1 saturated carbocycles. The lowest BCUT2D eigenvalue weighted by Gasteiger charge is -2.39. The molecule has 0 unspecified atom stereocenters. The molecule has 168 valence electrons. The highest BCUT2D eigenvalue weighted by Crippen LogP contribution is 2.38. The molecule has 1 aromatic carbocycles. The number of fused-ring (bicyclic) bond motifs is 1. The molecule has 2 fully saturated rings. The van der Waals surface area contributed by atoms with E-state index >= 15 is 0 Å². The summed E-state index contributed by atoms with van der Waals surface area (Å²) in [6.07, 6.45) is 5.46. The van der Waals surface area contributed by atoms with Gasteiger partial charge in [0.15, 0.2) is 5.60 Å². The van der Waals surface area contributed by atoms with E-state index < -0.39 is 5.60 Å². The first-order valence-corrected chi connectivity index (χ1v) is 11.2. The van der Waals surface area contributed by atoms with Gasteiger partial charge in [-0.05, 0) is 44.9 Å². The van der Waals surface area contributed by atoms with Gasteiger partial charge >= 0.3 is 0 Å². The largest absolute Gasteiger partial charge is 0.476 e. The quantitative estimate of drug-likeness (QED) is 0.792. The van der Waals surface area contributed by atoms with E-state index in [0.717, 1.165) is 25.7 Å². The summed E-state index contributed by atoms with van der Waals surface area (Å²) < 4.78 is 11.2. The number of amides is 3. The van der Waals surface area contributed by atoms with E-state index in [4.69, 9.17) is 9.47 Å². The van der Waals surface area contributed by atoms with Gasteiger partial charge in [-0.15, -0.1) is 0 Å². The maximum absolute atomic E-state index is 13.1. The van der Waals surface area contributed by atoms with Crippen molar-refractivity contribution in [3.05, 3.63) is 23.8 Å². The van der Waals surface area contributed by atoms with Gasteiger partial charge in [-0.1, -0.05) is 19.3 Å². The third-order valence-electron chi connectivity index (χ3n) is 6.23. The molecule has 1 saturated heterocycles. The monoisotopic (exact) mass is 429 g/mol. The number of hydrogen-bond donors (Lipinski definition) is 1. The number of ether oxygens (including phenoxy) is 2. The molecule has 4 rings (SSSR count). The fourth-order valence-corrected chi connectivity index (χ4v) is 4.43. The van der Waals surface area contributed by atoms with Crippen LogP contribution in [0.5, 0.6) is 5.75 Å². The summed E-state index contributed by atoms with van der Waals surface area (Å²) >= 11 is 0. The highest BCUT2D eigenvalue weighted by Gasteiger charge is 2.42. The molecule has 0 atom stereocenters. The number of hydrogen-bond acceptors (Lipinski definition) is 5. The Labute approximate surface area is 182 Å². The normalized spacial score (nSPS) is 21.3. The van der Waals surface area contributed by atoms with Gasteiger partial charge in [-0.3, -0.25) is 19.3 Å². The van der Waals surface area contributed by atoms with Crippen LogP contribution in [-0.4, -0.2) is 67.1 Å². The summed E-state index contributed by atoms with van der Waals surface area (Å²) in [5.41, 5.74) is -0.170. The Morgan fingerprint density at radius 3 is 2.55 bits per heavy atom. The van der Waals surface area contributed by atoms with Crippen LogP contribution in [0.4, 0.5) is 5.69 Å². The third-order valence-corrected chi connectivity index (χ3v) is 6.23. The van der Waals surface area contributed by atoms with Gasteiger partial charge < -0.3 is 19.7 Å². The van der Waals surface area contributed by atoms with E-state index in [-0.39, 0.29) is 30.3 Å². The molecule has 0 radical (unpaired) electrons. The fourth-order valence-electron chi connectivity index (χ4n) is 4.43. The Morgan fingerprint density at radius 1 is 1.13 bits per heavy atom. The van der Waals surface area contributed by atoms with E-state index in [1.54, 1.807) is 36.9 Å². The van der Waals surface area contributed by atoms with Crippen LogP contribution in [0.1, 0.15) is 56.3 Å². The molecule has 8 nitrogen and oxygen atoms in total. The van der Waals surface area contributed by atoms with Crippen molar-refractivity contribution in [2.24, 2.45) is 0 Å². The maximum Gasteiger partial charge on any atom is 0.271 e. The Hall–Kier alpha value is -2.61. The summed E-state index contributed by atoms with van der Waals surface area (Å²) in [6.45, 7) is 5.30. The Balaban J connectivity index is 1.57. The number of carbonyl (C=O) groups excluding carboxylic acids is 3. The Bertz CT molecular complexity index is 857. The molecule has 2 aliphatic heterocycles. The average molecular weight is 430 g/mol. The average Bonchev–Trinajstić information content (AvgIpc) is 2.77. The van der Waals surface area contributed by atoms with Crippen LogP contribution in [0.15, 0.2) is 18.2 Å². The smallest absolute Gasteiger partial charge is 0.271 e. The van der Waals surface area contributed by atoms with Gasteiger partial charge in [0.25, 0.3) is 11.8 Å². The van der Waals surface area contributed by atoms with Crippen LogP contribution in [0, 0.1) is 0 Å². The maximum atomic E-state index is 13.1. The second-order valence-electron chi connectivity index (χ2n) is 8.99. The molecule has 0 spiro atoms. The fraction of sp³-hybridized carbons (Fsp3) is 0.609. The highest BCUT2D eigenvalue weighted by molar-refractivity contribution is 6.07. The number of morpholine rings is 1. The molecular formula is C23H31N3O5. The minimum atomic E-state index is -1.09. The van der Waals surface area contributed by atoms with Crippen LogP contribution in [0.3, 0.4) is 0 Å². The molecular weight excluding hydrogens is 398 g/mol. The van der Waals surface area contributed by atoms with Gasteiger partial charge in [-0.25, -0.2) is 0 Å². The summed E-state index contributed by atoms with van der Waals surface area (Å²) in [5, 5.41) is 3.10.